The number of thiophene rings is 1. The number of ether oxygens (including phenoxy) is 1. The van der Waals surface area contributed by atoms with E-state index < -0.39 is 6.04 Å². The lowest BCUT2D eigenvalue weighted by Gasteiger charge is -2.13. The Bertz CT molecular complexity index is 2070. The van der Waals surface area contributed by atoms with Gasteiger partial charge in [-0.3, -0.25) is 19.1 Å². The van der Waals surface area contributed by atoms with Gasteiger partial charge in [-0.05, 0) is 67.3 Å². The lowest BCUT2D eigenvalue weighted by molar-refractivity contribution is -0.121. The van der Waals surface area contributed by atoms with Gasteiger partial charge >= 0.3 is 0 Å². The summed E-state index contributed by atoms with van der Waals surface area (Å²) in [6, 6.07) is 17.2. The molecule has 258 valence electrons. The van der Waals surface area contributed by atoms with Gasteiger partial charge in [0.05, 0.1) is 25.3 Å². The lowest BCUT2D eigenvalue weighted by atomic mass is 9.99. The summed E-state index contributed by atoms with van der Waals surface area (Å²) >= 11 is 7.89. The molecule has 1 aliphatic heterocycles. The summed E-state index contributed by atoms with van der Waals surface area (Å²) in [4.78, 5) is 35.8. The molecule has 13 heteroatoms. The van der Waals surface area contributed by atoms with Crippen LogP contribution in [0.5, 0.6) is 0 Å². The average Bonchev–Trinajstić information content (AvgIpc) is 3.73. The van der Waals surface area contributed by atoms with Crippen molar-refractivity contribution in [2.24, 2.45) is 4.99 Å². The van der Waals surface area contributed by atoms with Gasteiger partial charge in [-0.15, -0.1) is 21.5 Å². The molecule has 2 aromatic carbocycles. The molecule has 50 heavy (non-hydrogen) atoms. The number of Topliss-reactive ketones (excluding diaryl/α,β-unsaturated/α-hetero) is 1. The smallest absolute Gasteiger partial charge is 0.222 e. The number of aliphatic imine (C=N–C) groups is 1. The van der Waals surface area contributed by atoms with Crippen LogP contribution < -0.4 is 10.6 Å². The summed E-state index contributed by atoms with van der Waals surface area (Å²) < 4.78 is 7.81. The second-order valence-electron chi connectivity index (χ2n) is 12.3. The molecule has 0 saturated carbocycles. The third kappa shape index (κ3) is 7.39. The number of benzene rings is 2. The molecule has 0 unspecified atom stereocenters. The van der Waals surface area contributed by atoms with Crippen molar-refractivity contribution in [1.82, 2.24) is 25.1 Å². The van der Waals surface area contributed by atoms with E-state index in [-0.39, 0.29) is 31.6 Å². The van der Waals surface area contributed by atoms with Crippen molar-refractivity contribution < 1.29 is 14.3 Å². The number of aromatic nitrogens is 4. The molecule has 5 aromatic rings. The van der Waals surface area contributed by atoms with Crippen molar-refractivity contribution in [2.45, 2.75) is 46.1 Å². The van der Waals surface area contributed by atoms with Crippen molar-refractivity contribution in [3.63, 3.8) is 0 Å². The fourth-order valence-electron chi connectivity index (χ4n) is 6.30. The molecular weight excluding hydrogens is 690 g/mol. The maximum Gasteiger partial charge on any atom is 0.222 e. The second kappa shape index (κ2) is 15.3. The van der Waals surface area contributed by atoms with Gasteiger partial charge in [-0.2, -0.15) is 13.5 Å². The van der Waals surface area contributed by atoms with E-state index in [9.17, 15) is 9.59 Å². The SMILES string of the molecule is Cc1sc2c(c1C)C(c1ccc(Cl)cc1)=N[C@@H](CC(=O)NCCOCCNc1ccc(-c3ccc4c(c3)CC(=O)C4)cn1)c1nnc(C)n1-2.S. The van der Waals surface area contributed by atoms with Crippen LogP contribution in [-0.4, -0.2) is 63.5 Å². The normalized spacial score (nSPS) is 14.6. The molecule has 2 aliphatic rings. The van der Waals surface area contributed by atoms with Crippen molar-refractivity contribution in [3.8, 4) is 16.1 Å². The molecule has 7 rings (SSSR count). The highest BCUT2D eigenvalue weighted by Crippen LogP contribution is 2.39. The Hall–Kier alpha value is -4.36. The Morgan fingerprint density at radius 3 is 2.48 bits per heavy atom. The molecule has 0 radical (unpaired) electrons. The molecule has 0 spiro atoms. The standard InChI is InChI=1S/C37H36ClN7O3S.H2S/c1-21-22(2)49-37-34(21)35(24-6-9-29(38)10-7-24)42-31(36-44-43-23(3)45(36)37)19-33(47)40-13-15-48-14-12-39-32-11-8-27(20-41-32)25-4-5-26-17-30(46)18-28(26)16-25;/h4-11,16,20,31H,12-15,17-19H2,1-3H3,(H,39,41)(H,40,47);1H2/t31-;/m0./s1. The first-order chi connectivity index (χ1) is 23.7. The molecule has 1 atom stereocenters. The zero-order valence-electron chi connectivity index (χ0n) is 28.0. The first-order valence-electron chi connectivity index (χ1n) is 16.3. The average molecular weight is 728 g/mol. The molecule has 3 aromatic heterocycles. The molecule has 0 saturated heterocycles. The van der Waals surface area contributed by atoms with E-state index in [2.05, 4.69) is 45.7 Å². The number of aryl methyl sites for hydroxylation is 2. The number of rotatable bonds is 11. The largest absolute Gasteiger partial charge is 0.378 e. The number of ketones is 1. The minimum absolute atomic E-state index is 0. The molecule has 0 bridgehead atoms. The zero-order valence-corrected chi connectivity index (χ0v) is 30.6. The highest BCUT2D eigenvalue weighted by Gasteiger charge is 2.32. The van der Waals surface area contributed by atoms with Gasteiger partial charge in [0, 0.05) is 58.7 Å². The number of fused-ring (bicyclic) bond motifs is 4. The summed E-state index contributed by atoms with van der Waals surface area (Å²) in [6.45, 7) is 7.90. The van der Waals surface area contributed by atoms with E-state index in [1.54, 1.807) is 11.3 Å². The monoisotopic (exact) mass is 727 g/mol. The van der Waals surface area contributed by atoms with Crippen molar-refractivity contribution in [2.75, 3.05) is 31.6 Å². The van der Waals surface area contributed by atoms with E-state index in [0.29, 0.717) is 50.0 Å². The third-order valence-electron chi connectivity index (χ3n) is 8.94. The number of carbonyl (C=O) groups is 2. The van der Waals surface area contributed by atoms with Crippen LogP contribution in [0, 0.1) is 20.8 Å². The number of pyridine rings is 1. The topological polar surface area (TPSA) is 123 Å². The fraction of sp³-hybridized carbons (Fsp3) is 0.297. The van der Waals surface area contributed by atoms with Crippen LogP contribution in [0.15, 0.2) is 65.8 Å². The Labute approximate surface area is 306 Å². The summed E-state index contributed by atoms with van der Waals surface area (Å²) in [5.74, 6) is 2.28. The molecule has 0 fully saturated rings. The van der Waals surface area contributed by atoms with Gasteiger partial charge in [0.2, 0.25) is 5.91 Å². The molecule has 1 aliphatic carbocycles. The van der Waals surface area contributed by atoms with Gasteiger partial charge in [0.1, 0.15) is 28.5 Å². The number of hydrogen-bond donors (Lipinski definition) is 2. The van der Waals surface area contributed by atoms with Crippen LogP contribution in [0.2, 0.25) is 5.02 Å². The predicted octanol–water partition coefficient (Wildman–Crippen LogP) is 6.28. The quantitative estimate of drug-likeness (QED) is 0.154. The van der Waals surface area contributed by atoms with Crippen molar-refractivity contribution in [1.29, 1.82) is 0 Å². The first kappa shape index (κ1) is 35.5. The second-order valence-corrected chi connectivity index (χ2v) is 13.9. The molecule has 1 amide bonds. The molecule has 2 N–H and O–H groups in total. The minimum atomic E-state index is -0.526. The van der Waals surface area contributed by atoms with Crippen LogP contribution in [-0.2, 0) is 27.2 Å². The van der Waals surface area contributed by atoms with Crippen LogP contribution >= 0.6 is 36.4 Å². The molecular formula is C37H38ClN7O3S2. The van der Waals surface area contributed by atoms with E-state index in [1.807, 2.05) is 66.2 Å². The maximum absolute atomic E-state index is 13.2. The fourth-order valence-corrected chi connectivity index (χ4v) is 7.64. The lowest BCUT2D eigenvalue weighted by Crippen LogP contribution is -2.29. The van der Waals surface area contributed by atoms with Crippen LogP contribution in [0.4, 0.5) is 5.82 Å². The third-order valence-corrected chi connectivity index (χ3v) is 10.4. The highest BCUT2D eigenvalue weighted by atomic mass is 35.5. The zero-order chi connectivity index (χ0) is 34.1. The summed E-state index contributed by atoms with van der Waals surface area (Å²) in [6.07, 6.45) is 3.00. The van der Waals surface area contributed by atoms with E-state index in [0.717, 1.165) is 61.3 Å². The van der Waals surface area contributed by atoms with Crippen LogP contribution in [0.25, 0.3) is 16.1 Å². The number of amides is 1. The number of nitrogens with zero attached hydrogens (tertiary/aromatic N) is 5. The van der Waals surface area contributed by atoms with E-state index in [4.69, 9.17) is 21.3 Å². The summed E-state index contributed by atoms with van der Waals surface area (Å²) in [7, 11) is 0. The van der Waals surface area contributed by atoms with Gasteiger partial charge < -0.3 is 15.4 Å². The van der Waals surface area contributed by atoms with Gasteiger partial charge in [0.25, 0.3) is 0 Å². The van der Waals surface area contributed by atoms with Crippen molar-refractivity contribution >= 4 is 59.7 Å². The van der Waals surface area contributed by atoms with Crippen molar-refractivity contribution in [3.05, 3.63) is 110 Å². The number of carbonyl (C=O) groups excluding carboxylic acids is 2. The highest BCUT2D eigenvalue weighted by molar-refractivity contribution is 7.59. The van der Waals surface area contributed by atoms with E-state index >= 15 is 0 Å². The van der Waals surface area contributed by atoms with Crippen LogP contribution in [0.3, 0.4) is 0 Å². The van der Waals surface area contributed by atoms with Crippen LogP contribution in [0.1, 0.15) is 56.8 Å². The number of hydrogen-bond acceptors (Lipinski definition) is 9. The van der Waals surface area contributed by atoms with Gasteiger partial charge in [-0.25, -0.2) is 4.98 Å². The minimum Gasteiger partial charge on any atom is -0.378 e. The Morgan fingerprint density at radius 1 is 0.960 bits per heavy atom. The summed E-state index contributed by atoms with van der Waals surface area (Å²) in [5.41, 5.74) is 8.23. The summed E-state index contributed by atoms with van der Waals surface area (Å²) in [5, 5.41) is 16.8. The first-order valence-corrected chi connectivity index (χ1v) is 17.5. The predicted molar refractivity (Wildman–Crippen MR) is 203 cm³/mol. The maximum atomic E-state index is 13.2. The Kier molecular flexibility index (Phi) is 10.8. The Morgan fingerprint density at radius 2 is 1.70 bits per heavy atom. The number of nitrogens with one attached hydrogen (secondary N) is 2. The molecule has 4 heterocycles. The number of halogens is 1. The number of anilines is 1. The molecule has 10 nitrogen and oxygen atoms in total. The Balaban J connectivity index is 0.00000432. The van der Waals surface area contributed by atoms with Gasteiger partial charge in [0.15, 0.2) is 5.82 Å². The van der Waals surface area contributed by atoms with E-state index in [1.165, 1.54) is 4.88 Å². The van der Waals surface area contributed by atoms with Gasteiger partial charge in [-0.1, -0.05) is 41.9 Å².